The highest BCUT2D eigenvalue weighted by Crippen LogP contribution is 2.10. The number of nitrogens with one attached hydrogen (secondary N) is 1. The van der Waals surface area contributed by atoms with Gasteiger partial charge in [-0.3, -0.25) is 14.2 Å². The van der Waals surface area contributed by atoms with E-state index < -0.39 is 34.5 Å². The zero-order valence-corrected chi connectivity index (χ0v) is 16.5. The van der Waals surface area contributed by atoms with E-state index in [-0.39, 0.29) is 12.2 Å². The molecular formula is C23H16F2N4O3. The number of aromatic nitrogens is 3. The van der Waals surface area contributed by atoms with Gasteiger partial charge in [-0.05, 0) is 48.0 Å². The van der Waals surface area contributed by atoms with Crippen LogP contribution in [0.4, 0.5) is 14.5 Å². The lowest BCUT2D eigenvalue weighted by atomic mass is 10.2. The van der Waals surface area contributed by atoms with Gasteiger partial charge in [0.25, 0.3) is 11.5 Å². The molecule has 0 aliphatic heterocycles. The predicted molar refractivity (Wildman–Crippen MR) is 114 cm³/mol. The SMILES string of the molecule is O=C(Nc1cccc(F)c1)c1nn(-c2ccccc2)c(=O)n(Cc2ccc(F)cc2)c1=O. The van der Waals surface area contributed by atoms with Crippen LogP contribution in [-0.2, 0) is 6.54 Å². The average molecular weight is 434 g/mol. The van der Waals surface area contributed by atoms with Crippen LogP contribution in [0.1, 0.15) is 16.1 Å². The van der Waals surface area contributed by atoms with Crippen LogP contribution in [0.3, 0.4) is 0 Å². The molecule has 0 spiro atoms. The van der Waals surface area contributed by atoms with E-state index >= 15 is 0 Å². The van der Waals surface area contributed by atoms with Crippen LogP contribution in [0, 0.1) is 11.6 Å². The number of rotatable bonds is 5. The molecule has 3 aromatic carbocycles. The van der Waals surface area contributed by atoms with Crippen LogP contribution in [0.5, 0.6) is 0 Å². The number of anilines is 1. The molecule has 0 radical (unpaired) electrons. The standard InChI is InChI=1S/C23H16F2N4O3/c24-16-11-9-15(10-12-16)14-28-22(31)20(21(30)26-18-6-4-5-17(25)13-18)27-29(23(28)32)19-7-2-1-3-8-19/h1-13H,14H2,(H,26,30). The third-order valence-corrected chi connectivity index (χ3v) is 4.61. The highest BCUT2D eigenvalue weighted by Gasteiger charge is 2.21. The predicted octanol–water partition coefficient (Wildman–Crippen LogP) is 2.97. The summed E-state index contributed by atoms with van der Waals surface area (Å²) in [6.07, 6.45) is 0. The number of hydrogen-bond acceptors (Lipinski definition) is 4. The largest absolute Gasteiger partial charge is 0.352 e. The van der Waals surface area contributed by atoms with Crippen molar-refractivity contribution in [2.24, 2.45) is 0 Å². The Morgan fingerprint density at radius 3 is 2.28 bits per heavy atom. The zero-order chi connectivity index (χ0) is 22.7. The quantitative estimate of drug-likeness (QED) is 0.523. The molecule has 4 aromatic rings. The summed E-state index contributed by atoms with van der Waals surface area (Å²) < 4.78 is 28.5. The van der Waals surface area contributed by atoms with Crippen molar-refractivity contribution in [2.75, 3.05) is 5.32 Å². The molecule has 0 aliphatic carbocycles. The Kier molecular flexibility index (Phi) is 5.71. The Balaban J connectivity index is 1.83. The van der Waals surface area contributed by atoms with Crippen LogP contribution in [0.15, 0.2) is 88.5 Å². The van der Waals surface area contributed by atoms with Crippen LogP contribution in [0.2, 0.25) is 0 Å². The van der Waals surface area contributed by atoms with E-state index in [0.717, 1.165) is 15.3 Å². The molecule has 32 heavy (non-hydrogen) atoms. The summed E-state index contributed by atoms with van der Waals surface area (Å²) in [5.41, 5.74) is -1.31. The summed E-state index contributed by atoms with van der Waals surface area (Å²) >= 11 is 0. The summed E-state index contributed by atoms with van der Waals surface area (Å²) in [5.74, 6) is -1.94. The van der Waals surface area contributed by atoms with Gasteiger partial charge in [-0.1, -0.05) is 36.4 Å². The van der Waals surface area contributed by atoms with E-state index in [2.05, 4.69) is 10.4 Å². The van der Waals surface area contributed by atoms with Gasteiger partial charge in [0.05, 0.1) is 12.2 Å². The molecule has 1 N–H and O–H groups in total. The first kappa shape index (κ1) is 20.9. The highest BCUT2D eigenvalue weighted by atomic mass is 19.1. The number of amides is 1. The van der Waals surface area contributed by atoms with Crippen LogP contribution in [0.25, 0.3) is 5.69 Å². The van der Waals surface area contributed by atoms with E-state index in [9.17, 15) is 23.2 Å². The number of carbonyl (C=O) groups excluding carboxylic acids is 1. The van der Waals surface area contributed by atoms with Crippen molar-refractivity contribution < 1.29 is 13.6 Å². The van der Waals surface area contributed by atoms with Gasteiger partial charge in [-0.25, -0.2) is 13.6 Å². The van der Waals surface area contributed by atoms with E-state index in [0.29, 0.717) is 11.3 Å². The van der Waals surface area contributed by atoms with Gasteiger partial charge in [0.15, 0.2) is 0 Å². The second-order valence-electron chi connectivity index (χ2n) is 6.86. The molecule has 0 bridgehead atoms. The lowest BCUT2D eigenvalue weighted by Crippen LogP contribution is -2.45. The van der Waals surface area contributed by atoms with Crippen molar-refractivity contribution in [1.82, 2.24) is 14.3 Å². The molecule has 9 heteroatoms. The van der Waals surface area contributed by atoms with Gasteiger partial charge in [0, 0.05) is 5.69 Å². The number of carbonyl (C=O) groups is 1. The lowest BCUT2D eigenvalue weighted by Gasteiger charge is -2.12. The number of halogens is 2. The lowest BCUT2D eigenvalue weighted by molar-refractivity contribution is 0.101. The maximum Gasteiger partial charge on any atom is 0.352 e. The summed E-state index contributed by atoms with van der Waals surface area (Å²) in [7, 11) is 0. The molecule has 160 valence electrons. The molecule has 0 unspecified atom stereocenters. The first-order valence-electron chi connectivity index (χ1n) is 9.53. The fourth-order valence-electron chi connectivity index (χ4n) is 3.06. The van der Waals surface area contributed by atoms with Crippen molar-refractivity contribution in [3.8, 4) is 5.69 Å². The Morgan fingerprint density at radius 1 is 0.875 bits per heavy atom. The Labute approximate surface area is 180 Å². The van der Waals surface area contributed by atoms with Crippen molar-refractivity contribution >= 4 is 11.6 Å². The van der Waals surface area contributed by atoms with Gasteiger partial charge < -0.3 is 5.32 Å². The molecule has 1 aromatic heterocycles. The number of nitrogens with zero attached hydrogens (tertiary/aromatic N) is 3. The van der Waals surface area contributed by atoms with Crippen LogP contribution in [-0.4, -0.2) is 20.3 Å². The smallest absolute Gasteiger partial charge is 0.320 e. The average Bonchev–Trinajstić information content (AvgIpc) is 2.78. The maximum absolute atomic E-state index is 13.5. The molecular weight excluding hydrogens is 418 g/mol. The fourth-order valence-corrected chi connectivity index (χ4v) is 3.06. The number of hydrogen-bond donors (Lipinski definition) is 1. The molecule has 7 nitrogen and oxygen atoms in total. The minimum Gasteiger partial charge on any atom is -0.320 e. The van der Waals surface area contributed by atoms with E-state index in [1.807, 2.05) is 0 Å². The minimum atomic E-state index is -0.930. The third-order valence-electron chi connectivity index (χ3n) is 4.61. The zero-order valence-electron chi connectivity index (χ0n) is 16.5. The summed E-state index contributed by atoms with van der Waals surface area (Å²) in [6.45, 7) is -0.201. The van der Waals surface area contributed by atoms with Crippen molar-refractivity contribution in [3.63, 3.8) is 0 Å². The fraction of sp³-hybridized carbons (Fsp3) is 0.0435. The van der Waals surface area contributed by atoms with Crippen molar-refractivity contribution in [1.29, 1.82) is 0 Å². The molecule has 0 saturated heterocycles. The molecule has 1 heterocycles. The first-order valence-corrected chi connectivity index (χ1v) is 9.53. The second kappa shape index (κ2) is 8.76. The number of benzene rings is 3. The van der Waals surface area contributed by atoms with E-state index in [4.69, 9.17) is 0 Å². The Morgan fingerprint density at radius 2 is 1.59 bits per heavy atom. The van der Waals surface area contributed by atoms with E-state index in [1.54, 1.807) is 30.3 Å². The van der Waals surface area contributed by atoms with Gasteiger partial charge in [0.2, 0.25) is 5.69 Å². The highest BCUT2D eigenvalue weighted by molar-refractivity contribution is 6.02. The summed E-state index contributed by atoms with van der Waals surface area (Å²) in [4.78, 5) is 38.9. The maximum atomic E-state index is 13.5. The first-order chi connectivity index (χ1) is 15.4. The second-order valence-corrected chi connectivity index (χ2v) is 6.86. The van der Waals surface area contributed by atoms with Gasteiger partial charge in [0.1, 0.15) is 11.6 Å². The summed E-state index contributed by atoms with van der Waals surface area (Å²) in [5, 5.41) is 6.40. The number of para-hydroxylation sites is 1. The molecule has 1 amide bonds. The normalized spacial score (nSPS) is 10.7. The van der Waals surface area contributed by atoms with Crippen LogP contribution < -0.4 is 16.6 Å². The van der Waals surface area contributed by atoms with E-state index in [1.165, 1.54) is 42.5 Å². The Hall–Kier alpha value is -4.40. The van der Waals surface area contributed by atoms with Gasteiger partial charge in [-0.15, -0.1) is 0 Å². The third kappa shape index (κ3) is 4.36. The molecule has 0 fully saturated rings. The van der Waals surface area contributed by atoms with Crippen molar-refractivity contribution in [2.45, 2.75) is 6.54 Å². The van der Waals surface area contributed by atoms with Crippen LogP contribution >= 0.6 is 0 Å². The summed E-state index contributed by atoms with van der Waals surface area (Å²) in [6, 6.07) is 18.7. The molecule has 0 saturated carbocycles. The molecule has 4 rings (SSSR count). The van der Waals surface area contributed by atoms with Gasteiger partial charge in [-0.2, -0.15) is 9.78 Å². The molecule has 0 atom stereocenters. The van der Waals surface area contributed by atoms with Gasteiger partial charge >= 0.3 is 5.69 Å². The minimum absolute atomic E-state index is 0.124. The monoisotopic (exact) mass is 434 g/mol. The Bertz CT molecular complexity index is 1400. The van der Waals surface area contributed by atoms with Crippen molar-refractivity contribution in [3.05, 3.63) is 123 Å². The topological polar surface area (TPSA) is 86.0 Å². The molecule has 0 aliphatic rings.